The van der Waals surface area contributed by atoms with Crippen LogP contribution >= 0.6 is 0 Å². The van der Waals surface area contributed by atoms with Gasteiger partial charge in [0.2, 0.25) is 10.0 Å². The summed E-state index contributed by atoms with van der Waals surface area (Å²) in [7, 11) is -2.59. The van der Waals surface area contributed by atoms with E-state index in [0.29, 0.717) is 19.0 Å². The number of rotatable bonds is 8. The van der Waals surface area contributed by atoms with Gasteiger partial charge in [-0.3, -0.25) is 0 Å². The average molecular weight is 411 g/mol. The fourth-order valence-electron chi connectivity index (χ4n) is 2.75. The maximum atomic E-state index is 13.4. The minimum absolute atomic E-state index is 0.0749. The van der Waals surface area contributed by atoms with Gasteiger partial charge in [0, 0.05) is 32.2 Å². The third kappa shape index (κ3) is 5.06. The fraction of sp³-hybridized carbons (Fsp3) is 0.412. The molecule has 2 aromatic rings. The molecule has 3 rings (SSSR count). The van der Waals surface area contributed by atoms with Crippen LogP contribution in [0.3, 0.4) is 0 Å². The molecule has 0 unspecified atom stereocenters. The standard InChI is InChI=1S/C17H22FN5O4S/c1-26-15-3-2-13(18)10-16(15)28(24,25)21-5-4-19-17-11-14(12-20-22-17)23-6-8-27-9-7-23/h2-3,10-12,21H,4-9H2,1H3,(H,19,22). The summed E-state index contributed by atoms with van der Waals surface area (Å²) in [6, 6.07) is 5.18. The molecule has 0 aliphatic carbocycles. The zero-order valence-electron chi connectivity index (χ0n) is 15.4. The van der Waals surface area contributed by atoms with Crippen molar-refractivity contribution in [2.24, 2.45) is 0 Å². The van der Waals surface area contributed by atoms with E-state index in [0.717, 1.165) is 30.9 Å². The number of nitrogens with zero attached hydrogens (tertiary/aromatic N) is 3. The van der Waals surface area contributed by atoms with Crippen molar-refractivity contribution >= 4 is 21.5 Å². The number of methoxy groups -OCH3 is 1. The van der Waals surface area contributed by atoms with Crippen molar-refractivity contribution < 1.29 is 22.3 Å². The zero-order valence-corrected chi connectivity index (χ0v) is 16.2. The van der Waals surface area contributed by atoms with Gasteiger partial charge in [0.25, 0.3) is 0 Å². The first-order valence-electron chi connectivity index (χ1n) is 8.72. The fourth-order valence-corrected chi connectivity index (χ4v) is 3.96. The van der Waals surface area contributed by atoms with Crippen LogP contribution in [0.5, 0.6) is 5.75 Å². The van der Waals surface area contributed by atoms with Gasteiger partial charge in [0.1, 0.15) is 16.5 Å². The first-order valence-corrected chi connectivity index (χ1v) is 10.2. The molecule has 0 bridgehead atoms. The highest BCUT2D eigenvalue weighted by atomic mass is 32.2. The van der Waals surface area contributed by atoms with E-state index in [1.807, 2.05) is 6.07 Å². The van der Waals surface area contributed by atoms with E-state index in [-0.39, 0.29) is 23.7 Å². The predicted octanol–water partition coefficient (Wildman–Crippen LogP) is 0.851. The van der Waals surface area contributed by atoms with Crippen LogP contribution in [0, 0.1) is 5.82 Å². The summed E-state index contributed by atoms with van der Waals surface area (Å²) in [6.07, 6.45) is 1.68. The number of hydrogen-bond donors (Lipinski definition) is 2. The molecule has 1 aliphatic rings. The molecule has 0 spiro atoms. The van der Waals surface area contributed by atoms with Crippen LogP contribution in [0.2, 0.25) is 0 Å². The number of aromatic nitrogens is 2. The predicted molar refractivity (Wildman–Crippen MR) is 102 cm³/mol. The summed E-state index contributed by atoms with van der Waals surface area (Å²) in [4.78, 5) is 1.89. The smallest absolute Gasteiger partial charge is 0.244 e. The second-order valence-corrected chi connectivity index (χ2v) is 7.75. The quantitative estimate of drug-likeness (QED) is 0.616. The van der Waals surface area contributed by atoms with Crippen molar-refractivity contribution in [3.05, 3.63) is 36.3 Å². The third-order valence-corrected chi connectivity index (χ3v) is 5.64. The number of benzene rings is 1. The number of nitrogens with one attached hydrogen (secondary N) is 2. The Hall–Kier alpha value is -2.50. The maximum absolute atomic E-state index is 13.4. The first-order chi connectivity index (χ1) is 13.5. The second kappa shape index (κ2) is 9.13. The van der Waals surface area contributed by atoms with Gasteiger partial charge in [-0.2, -0.15) is 5.10 Å². The maximum Gasteiger partial charge on any atom is 0.244 e. The van der Waals surface area contributed by atoms with E-state index in [4.69, 9.17) is 9.47 Å². The van der Waals surface area contributed by atoms with E-state index < -0.39 is 15.8 Å². The number of hydrogen-bond acceptors (Lipinski definition) is 8. The van der Waals surface area contributed by atoms with Crippen LogP contribution in [0.4, 0.5) is 15.9 Å². The molecule has 11 heteroatoms. The van der Waals surface area contributed by atoms with E-state index in [1.54, 1.807) is 6.20 Å². The molecule has 28 heavy (non-hydrogen) atoms. The van der Waals surface area contributed by atoms with E-state index in [1.165, 1.54) is 13.2 Å². The summed E-state index contributed by atoms with van der Waals surface area (Å²) in [6.45, 7) is 3.23. The van der Waals surface area contributed by atoms with Crippen LogP contribution in [0.1, 0.15) is 0 Å². The van der Waals surface area contributed by atoms with Crippen LogP contribution in [-0.2, 0) is 14.8 Å². The Morgan fingerprint density at radius 2 is 2.04 bits per heavy atom. The molecular weight excluding hydrogens is 389 g/mol. The normalized spacial score (nSPS) is 14.7. The zero-order chi connectivity index (χ0) is 20.0. The summed E-state index contributed by atoms with van der Waals surface area (Å²) >= 11 is 0. The van der Waals surface area contributed by atoms with E-state index in [9.17, 15) is 12.8 Å². The van der Waals surface area contributed by atoms with Crippen molar-refractivity contribution in [1.29, 1.82) is 0 Å². The van der Waals surface area contributed by atoms with Crippen LogP contribution in [0.15, 0.2) is 35.4 Å². The lowest BCUT2D eigenvalue weighted by atomic mass is 10.3. The van der Waals surface area contributed by atoms with Crippen molar-refractivity contribution in [1.82, 2.24) is 14.9 Å². The average Bonchev–Trinajstić information content (AvgIpc) is 2.72. The molecule has 1 saturated heterocycles. The van der Waals surface area contributed by atoms with Crippen LogP contribution < -0.4 is 19.7 Å². The summed E-state index contributed by atoms with van der Waals surface area (Å²) < 4.78 is 51.0. The molecular formula is C17H22FN5O4S. The summed E-state index contributed by atoms with van der Waals surface area (Å²) in [5.74, 6) is -0.0491. The van der Waals surface area contributed by atoms with E-state index in [2.05, 4.69) is 25.1 Å². The monoisotopic (exact) mass is 411 g/mol. The van der Waals surface area contributed by atoms with Gasteiger partial charge in [-0.25, -0.2) is 17.5 Å². The third-order valence-electron chi connectivity index (χ3n) is 4.15. The summed E-state index contributed by atoms with van der Waals surface area (Å²) in [5.41, 5.74) is 0.922. The molecule has 2 heterocycles. The van der Waals surface area contributed by atoms with Gasteiger partial charge >= 0.3 is 0 Å². The lowest BCUT2D eigenvalue weighted by Crippen LogP contribution is -2.36. The van der Waals surface area contributed by atoms with Crippen LogP contribution in [0.25, 0.3) is 0 Å². The largest absolute Gasteiger partial charge is 0.495 e. The molecule has 152 valence electrons. The number of sulfonamides is 1. The van der Waals surface area contributed by atoms with Gasteiger partial charge in [-0.05, 0) is 18.2 Å². The molecule has 0 amide bonds. The SMILES string of the molecule is COc1ccc(F)cc1S(=O)(=O)NCCNc1cc(N2CCOCC2)cnn1. The molecule has 1 aromatic carbocycles. The van der Waals surface area contributed by atoms with Crippen LogP contribution in [-0.4, -0.2) is 65.1 Å². The molecule has 2 N–H and O–H groups in total. The second-order valence-electron chi connectivity index (χ2n) is 6.02. The topological polar surface area (TPSA) is 106 Å². The molecule has 1 aromatic heterocycles. The number of morpholine rings is 1. The first kappa shape index (κ1) is 20.2. The Balaban J connectivity index is 1.56. The number of ether oxygens (including phenoxy) is 2. The molecule has 0 atom stereocenters. The Kier molecular flexibility index (Phi) is 6.60. The Morgan fingerprint density at radius 3 is 2.79 bits per heavy atom. The van der Waals surface area contributed by atoms with Crippen molar-refractivity contribution in [3.63, 3.8) is 0 Å². The van der Waals surface area contributed by atoms with Gasteiger partial charge in [-0.15, -0.1) is 5.10 Å². The van der Waals surface area contributed by atoms with Gasteiger partial charge in [0.15, 0.2) is 5.82 Å². The minimum Gasteiger partial charge on any atom is -0.495 e. The molecule has 1 fully saturated rings. The lowest BCUT2D eigenvalue weighted by molar-refractivity contribution is 0.122. The van der Waals surface area contributed by atoms with Gasteiger partial charge in [0.05, 0.1) is 32.2 Å². The number of halogens is 1. The highest BCUT2D eigenvalue weighted by Crippen LogP contribution is 2.24. The lowest BCUT2D eigenvalue weighted by Gasteiger charge is -2.28. The summed E-state index contributed by atoms with van der Waals surface area (Å²) in [5, 5.41) is 11.0. The minimum atomic E-state index is -3.92. The molecule has 9 nitrogen and oxygen atoms in total. The number of anilines is 2. The highest BCUT2D eigenvalue weighted by Gasteiger charge is 2.20. The van der Waals surface area contributed by atoms with Crippen molar-refractivity contribution in [2.45, 2.75) is 4.90 Å². The van der Waals surface area contributed by atoms with Gasteiger partial charge < -0.3 is 19.7 Å². The highest BCUT2D eigenvalue weighted by molar-refractivity contribution is 7.89. The van der Waals surface area contributed by atoms with Crippen molar-refractivity contribution in [2.75, 3.05) is 56.7 Å². The van der Waals surface area contributed by atoms with Crippen molar-refractivity contribution in [3.8, 4) is 5.75 Å². The Bertz CT molecular complexity index is 906. The molecule has 0 radical (unpaired) electrons. The molecule has 1 aliphatic heterocycles. The Labute approximate surface area is 162 Å². The van der Waals surface area contributed by atoms with Gasteiger partial charge in [-0.1, -0.05) is 0 Å². The molecule has 0 saturated carbocycles. The Morgan fingerprint density at radius 1 is 1.25 bits per heavy atom. The van der Waals surface area contributed by atoms with E-state index >= 15 is 0 Å².